The van der Waals surface area contributed by atoms with E-state index in [4.69, 9.17) is 9.31 Å². The van der Waals surface area contributed by atoms with Crippen LogP contribution >= 0.6 is 11.8 Å². The van der Waals surface area contributed by atoms with Crippen molar-refractivity contribution in [2.45, 2.75) is 43.8 Å². The van der Waals surface area contributed by atoms with Crippen LogP contribution < -0.4 is 5.46 Å². The van der Waals surface area contributed by atoms with Gasteiger partial charge in [0.05, 0.1) is 11.2 Å². The number of benzene rings is 1. The quantitative estimate of drug-likeness (QED) is 0.659. The molecule has 1 N–H and O–H groups in total. The van der Waals surface area contributed by atoms with Crippen LogP contribution in [-0.4, -0.2) is 29.7 Å². The highest BCUT2D eigenvalue weighted by molar-refractivity contribution is 7.98. The zero-order chi connectivity index (χ0) is 13.6. The summed E-state index contributed by atoms with van der Waals surface area (Å²) in [5, 5.41) is 10.2. The first-order valence-corrected chi connectivity index (χ1v) is 7.22. The molecule has 1 aromatic rings. The lowest BCUT2D eigenvalue weighted by Gasteiger charge is -2.32. The molecule has 98 valence electrons. The molecule has 0 aliphatic carbocycles. The van der Waals surface area contributed by atoms with Gasteiger partial charge in [0.1, 0.15) is 5.75 Å². The van der Waals surface area contributed by atoms with E-state index in [-0.39, 0.29) is 17.0 Å². The second-order valence-electron chi connectivity index (χ2n) is 5.49. The molecule has 1 heterocycles. The number of rotatable bonds is 2. The highest BCUT2D eigenvalue weighted by atomic mass is 32.2. The summed E-state index contributed by atoms with van der Waals surface area (Å²) in [6.07, 6.45) is 1.93. The Morgan fingerprint density at radius 2 is 1.67 bits per heavy atom. The van der Waals surface area contributed by atoms with Gasteiger partial charge in [0.2, 0.25) is 0 Å². The van der Waals surface area contributed by atoms with Crippen molar-refractivity contribution >= 4 is 24.3 Å². The van der Waals surface area contributed by atoms with Crippen LogP contribution in [0, 0.1) is 0 Å². The van der Waals surface area contributed by atoms with Crippen molar-refractivity contribution in [3.05, 3.63) is 18.2 Å². The third kappa shape index (κ3) is 2.15. The van der Waals surface area contributed by atoms with Crippen LogP contribution in [0.4, 0.5) is 0 Å². The number of hydrogen-bond acceptors (Lipinski definition) is 4. The van der Waals surface area contributed by atoms with Gasteiger partial charge < -0.3 is 14.4 Å². The maximum Gasteiger partial charge on any atom is 0.498 e. The first kappa shape index (κ1) is 13.8. The van der Waals surface area contributed by atoms with E-state index in [0.717, 1.165) is 4.90 Å². The fourth-order valence-electron chi connectivity index (χ4n) is 1.86. The molecule has 0 unspecified atom stereocenters. The molecule has 1 aromatic carbocycles. The average molecular weight is 266 g/mol. The van der Waals surface area contributed by atoms with Crippen LogP contribution in [0.15, 0.2) is 23.1 Å². The molecule has 1 saturated heterocycles. The lowest BCUT2D eigenvalue weighted by atomic mass is 9.78. The van der Waals surface area contributed by atoms with Gasteiger partial charge in [-0.05, 0) is 40.0 Å². The first-order valence-electron chi connectivity index (χ1n) is 6.00. The average Bonchev–Trinajstić information content (AvgIpc) is 2.48. The third-order valence-corrected chi connectivity index (χ3v) is 4.53. The third-order valence-electron chi connectivity index (χ3n) is 3.76. The van der Waals surface area contributed by atoms with Crippen LogP contribution in [0.25, 0.3) is 0 Å². The molecule has 0 aromatic heterocycles. The van der Waals surface area contributed by atoms with Gasteiger partial charge >= 0.3 is 7.12 Å². The molecule has 0 saturated carbocycles. The van der Waals surface area contributed by atoms with Crippen molar-refractivity contribution in [3.8, 4) is 5.75 Å². The minimum absolute atomic E-state index is 0.253. The second kappa shape index (κ2) is 4.47. The monoisotopic (exact) mass is 266 g/mol. The largest absolute Gasteiger partial charge is 0.507 e. The van der Waals surface area contributed by atoms with Crippen molar-refractivity contribution < 1.29 is 14.4 Å². The SMILES string of the molecule is CSc1cccc(B2OC(C)(C)C(C)(C)O2)c1O. The van der Waals surface area contributed by atoms with Crippen LogP contribution in [0.2, 0.25) is 0 Å². The van der Waals surface area contributed by atoms with E-state index in [1.165, 1.54) is 11.8 Å². The van der Waals surface area contributed by atoms with Gasteiger partial charge in [0.15, 0.2) is 0 Å². The highest BCUT2D eigenvalue weighted by Crippen LogP contribution is 2.37. The van der Waals surface area contributed by atoms with E-state index in [2.05, 4.69) is 0 Å². The summed E-state index contributed by atoms with van der Waals surface area (Å²) in [7, 11) is -0.512. The van der Waals surface area contributed by atoms with Gasteiger partial charge in [-0.2, -0.15) is 0 Å². The minimum Gasteiger partial charge on any atom is -0.507 e. The number of phenolic OH excluding ortho intramolecular Hbond substituents is 1. The van der Waals surface area contributed by atoms with Crippen molar-refractivity contribution in [2.24, 2.45) is 0 Å². The summed E-state index contributed by atoms with van der Waals surface area (Å²) < 4.78 is 11.9. The molecule has 3 nitrogen and oxygen atoms in total. The van der Waals surface area contributed by atoms with Crippen LogP contribution in [-0.2, 0) is 9.31 Å². The Bertz CT molecular complexity index is 444. The maximum absolute atomic E-state index is 10.2. The van der Waals surface area contributed by atoms with Gasteiger partial charge in [0, 0.05) is 10.4 Å². The summed E-state index contributed by atoms with van der Waals surface area (Å²) in [6, 6.07) is 5.64. The van der Waals surface area contributed by atoms with Crippen LogP contribution in [0.1, 0.15) is 27.7 Å². The summed E-state index contributed by atoms with van der Waals surface area (Å²) in [6.45, 7) is 8.01. The fraction of sp³-hybridized carbons (Fsp3) is 0.538. The van der Waals surface area contributed by atoms with Crippen molar-refractivity contribution in [3.63, 3.8) is 0 Å². The molecular weight excluding hydrogens is 247 g/mol. The Morgan fingerprint density at radius 1 is 1.11 bits per heavy atom. The topological polar surface area (TPSA) is 38.7 Å². The smallest absolute Gasteiger partial charge is 0.498 e. The lowest BCUT2D eigenvalue weighted by molar-refractivity contribution is 0.00578. The van der Waals surface area contributed by atoms with Crippen molar-refractivity contribution in [2.75, 3.05) is 6.26 Å². The van der Waals surface area contributed by atoms with E-state index < -0.39 is 7.12 Å². The zero-order valence-electron chi connectivity index (χ0n) is 11.5. The van der Waals surface area contributed by atoms with E-state index in [1.54, 1.807) is 0 Å². The number of aromatic hydroxyl groups is 1. The van der Waals surface area contributed by atoms with Gasteiger partial charge in [-0.3, -0.25) is 0 Å². The second-order valence-corrected chi connectivity index (χ2v) is 6.33. The van der Waals surface area contributed by atoms with E-state index in [0.29, 0.717) is 5.46 Å². The summed E-state index contributed by atoms with van der Waals surface area (Å²) in [4.78, 5) is 0.835. The molecule has 1 aliphatic heterocycles. The van der Waals surface area contributed by atoms with Gasteiger partial charge in [-0.25, -0.2) is 0 Å². The Labute approximate surface area is 113 Å². The molecule has 0 radical (unpaired) electrons. The lowest BCUT2D eigenvalue weighted by Crippen LogP contribution is -2.41. The first-order chi connectivity index (χ1) is 8.28. The molecule has 5 heteroatoms. The summed E-state index contributed by atoms with van der Waals surface area (Å²) >= 11 is 1.51. The highest BCUT2D eigenvalue weighted by Gasteiger charge is 2.52. The Kier molecular flexibility index (Phi) is 3.43. The number of thioether (sulfide) groups is 1. The van der Waals surface area contributed by atoms with E-state index in [9.17, 15) is 5.11 Å². The fourth-order valence-corrected chi connectivity index (χ4v) is 2.39. The Morgan fingerprint density at radius 3 is 2.17 bits per heavy atom. The summed E-state index contributed by atoms with van der Waals surface area (Å²) in [5.74, 6) is 0.253. The minimum atomic E-state index is -0.512. The van der Waals surface area contributed by atoms with Gasteiger partial charge in [-0.15, -0.1) is 11.8 Å². The van der Waals surface area contributed by atoms with Crippen LogP contribution in [0.5, 0.6) is 5.75 Å². The molecule has 1 aliphatic rings. The van der Waals surface area contributed by atoms with Crippen molar-refractivity contribution in [1.29, 1.82) is 0 Å². The van der Waals surface area contributed by atoms with Gasteiger partial charge in [0.25, 0.3) is 0 Å². The normalized spacial score (nSPS) is 21.3. The van der Waals surface area contributed by atoms with Gasteiger partial charge in [-0.1, -0.05) is 12.1 Å². The number of phenols is 1. The molecule has 0 atom stereocenters. The Hall–Kier alpha value is -0.645. The van der Waals surface area contributed by atoms with Crippen molar-refractivity contribution in [1.82, 2.24) is 0 Å². The molecular formula is C13H19BO3S. The molecule has 2 rings (SSSR count). The molecule has 1 fully saturated rings. The van der Waals surface area contributed by atoms with Crippen LogP contribution in [0.3, 0.4) is 0 Å². The predicted octanol–water partition coefficient (Wildman–Crippen LogP) is 2.41. The molecule has 0 spiro atoms. The zero-order valence-corrected chi connectivity index (χ0v) is 12.3. The van der Waals surface area contributed by atoms with E-state index in [1.807, 2.05) is 52.1 Å². The molecule has 0 amide bonds. The number of hydrogen-bond donors (Lipinski definition) is 1. The summed E-state index contributed by atoms with van der Waals surface area (Å²) in [5.41, 5.74) is -0.0839. The number of para-hydroxylation sites is 1. The molecule has 0 bridgehead atoms. The Balaban J connectivity index is 2.35. The van der Waals surface area contributed by atoms with E-state index >= 15 is 0 Å². The maximum atomic E-state index is 10.2. The standard InChI is InChI=1S/C13H19BO3S/c1-12(2)13(3,4)17-14(16-12)9-7-6-8-10(18-5)11(9)15/h6-8,15H,1-5H3. The predicted molar refractivity (Wildman–Crippen MR) is 75.6 cm³/mol. The molecule has 18 heavy (non-hydrogen) atoms.